The fraction of sp³-hybridized carbons (Fsp3) is 0.429. The van der Waals surface area contributed by atoms with Crippen LogP contribution >= 0.6 is 11.8 Å². The van der Waals surface area contributed by atoms with Crippen LogP contribution in [0, 0.1) is 5.82 Å². The van der Waals surface area contributed by atoms with Gasteiger partial charge in [0, 0.05) is 11.7 Å². The number of nitrogens with one attached hydrogen (secondary N) is 2. The number of amides is 2. The van der Waals surface area contributed by atoms with Crippen molar-refractivity contribution in [2.75, 3.05) is 16.8 Å². The zero-order chi connectivity index (χ0) is 15.8. The first-order valence-electron chi connectivity index (χ1n) is 6.62. The average Bonchev–Trinajstić information content (AvgIpc) is 2.40. The molecule has 0 radical (unpaired) electrons. The molecule has 1 unspecified atom stereocenters. The summed E-state index contributed by atoms with van der Waals surface area (Å²) in [7, 11) is 0. The molecule has 0 aromatic heterocycles. The fourth-order valence-electron chi connectivity index (χ4n) is 1.63. The van der Waals surface area contributed by atoms with Gasteiger partial charge in [0.1, 0.15) is 5.82 Å². The molecule has 0 saturated heterocycles. The van der Waals surface area contributed by atoms with Gasteiger partial charge < -0.3 is 15.7 Å². The number of anilines is 1. The average molecular weight is 314 g/mol. The van der Waals surface area contributed by atoms with E-state index in [0.29, 0.717) is 0 Å². The Kier molecular flexibility index (Phi) is 7.01. The third-order valence-corrected chi connectivity index (χ3v) is 3.66. The molecule has 1 atom stereocenters. The van der Waals surface area contributed by atoms with Gasteiger partial charge in [-0.2, -0.15) is 11.8 Å². The minimum absolute atomic E-state index is 0.00319. The molecule has 21 heavy (non-hydrogen) atoms. The van der Waals surface area contributed by atoms with Crippen molar-refractivity contribution in [3.8, 4) is 0 Å². The van der Waals surface area contributed by atoms with Gasteiger partial charge in [-0.15, -0.1) is 0 Å². The summed E-state index contributed by atoms with van der Waals surface area (Å²) >= 11 is 1.80. The van der Waals surface area contributed by atoms with Gasteiger partial charge in [-0.05, 0) is 43.0 Å². The largest absolute Gasteiger partial charge is 0.478 e. The highest BCUT2D eigenvalue weighted by atomic mass is 32.2. The van der Waals surface area contributed by atoms with E-state index in [1.165, 1.54) is 6.07 Å². The first kappa shape index (κ1) is 17.3. The maximum atomic E-state index is 13.2. The molecule has 7 heteroatoms. The molecule has 0 heterocycles. The minimum Gasteiger partial charge on any atom is -0.478 e. The number of halogens is 1. The number of urea groups is 1. The number of carbonyl (C=O) groups is 2. The summed E-state index contributed by atoms with van der Waals surface area (Å²) in [6.45, 7) is 3.97. The predicted molar refractivity (Wildman–Crippen MR) is 82.6 cm³/mol. The molecule has 0 saturated carbocycles. The van der Waals surface area contributed by atoms with Crippen LogP contribution in [0.2, 0.25) is 0 Å². The van der Waals surface area contributed by atoms with Gasteiger partial charge in [0.2, 0.25) is 0 Å². The molecule has 5 nitrogen and oxygen atoms in total. The lowest BCUT2D eigenvalue weighted by atomic mass is 10.2. The first-order chi connectivity index (χ1) is 9.93. The number of thioether (sulfide) groups is 1. The Balaban J connectivity index is 2.55. The minimum atomic E-state index is -1.37. The molecule has 116 valence electrons. The summed E-state index contributed by atoms with van der Waals surface area (Å²) in [6, 6.07) is 2.99. The van der Waals surface area contributed by atoms with Gasteiger partial charge in [-0.3, -0.25) is 0 Å². The summed E-state index contributed by atoms with van der Waals surface area (Å²) in [6.07, 6.45) is 0.843. The van der Waals surface area contributed by atoms with E-state index in [9.17, 15) is 14.0 Å². The summed E-state index contributed by atoms with van der Waals surface area (Å²) < 4.78 is 13.2. The summed E-state index contributed by atoms with van der Waals surface area (Å²) in [5.74, 6) is -0.218. The molecule has 0 spiro atoms. The summed E-state index contributed by atoms with van der Waals surface area (Å²) in [5.41, 5.74) is -0.235. The molecule has 1 aromatic rings. The number of aromatic carboxylic acids is 1. The van der Waals surface area contributed by atoms with Gasteiger partial charge in [0.25, 0.3) is 0 Å². The zero-order valence-electron chi connectivity index (χ0n) is 12.0. The van der Waals surface area contributed by atoms with Gasteiger partial charge >= 0.3 is 12.0 Å². The molecule has 3 N–H and O–H groups in total. The molecule has 1 rings (SSSR count). The molecule has 1 aromatic carbocycles. The number of hydrogen-bond donors (Lipinski definition) is 3. The number of carboxylic acid groups (broad SMARTS) is 1. The first-order valence-corrected chi connectivity index (χ1v) is 7.77. The Morgan fingerprint density at radius 3 is 2.76 bits per heavy atom. The van der Waals surface area contributed by atoms with Crippen molar-refractivity contribution in [1.82, 2.24) is 5.32 Å². The van der Waals surface area contributed by atoms with E-state index < -0.39 is 23.4 Å². The topological polar surface area (TPSA) is 78.4 Å². The second-order valence-electron chi connectivity index (χ2n) is 4.48. The van der Waals surface area contributed by atoms with Crippen molar-refractivity contribution in [3.63, 3.8) is 0 Å². The molecule has 0 aliphatic rings. The predicted octanol–water partition coefficient (Wildman–Crippen LogP) is 3.18. The Hall–Kier alpha value is -1.76. The van der Waals surface area contributed by atoms with Crippen molar-refractivity contribution in [1.29, 1.82) is 0 Å². The number of rotatable bonds is 7. The van der Waals surface area contributed by atoms with Crippen LogP contribution in [0.5, 0.6) is 0 Å². The smallest absolute Gasteiger partial charge is 0.338 e. The maximum absolute atomic E-state index is 13.2. The van der Waals surface area contributed by atoms with Crippen molar-refractivity contribution in [2.24, 2.45) is 0 Å². The Morgan fingerprint density at radius 2 is 2.14 bits per heavy atom. The number of hydrogen-bond acceptors (Lipinski definition) is 3. The van der Waals surface area contributed by atoms with E-state index in [1.807, 2.05) is 6.92 Å². The van der Waals surface area contributed by atoms with E-state index in [4.69, 9.17) is 5.11 Å². The highest BCUT2D eigenvalue weighted by Gasteiger charge is 2.12. The standard InChI is InChI=1S/C14H19FN2O3S/c1-3-21-7-6-9(2)16-14(20)17-10-4-5-12(15)11(8-10)13(18)19/h4-5,8-9H,3,6-7H2,1-2H3,(H,18,19)(H2,16,17,20). The van der Waals surface area contributed by atoms with Crippen LogP contribution < -0.4 is 10.6 Å². The number of carbonyl (C=O) groups excluding carboxylic acids is 1. The second kappa shape index (κ2) is 8.51. The lowest BCUT2D eigenvalue weighted by Gasteiger charge is -2.14. The van der Waals surface area contributed by atoms with E-state index in [1.54, 1.807) is 11.8 Å². The summed E-state index contributed by atoms with van der Waals surface area (Å²) in [5, 5.41) is 14.1. The molecule has 0 aliphatic heterocycles. The molecular formula is C14H19FN2O3S. The maximum Gasteiger partial charge on any atom is 0.338 e. The Morgan fingerprint density at radius 1 is 1.43 bits per heavy atom. The molecule has 0 bridgehead atoms. The van der Waals surface area contributed by atoms with Gasteiger partial charge in [-0.25, -0.2) is 14.0 Å². The Labute approximate surface area is 127 Å². The van der Waals surface area contributed by atoms with E-state index in [-0.39, 0.29) is 11.7 Å². The van der Waals surface area contributed by atoms with Crippen LogP contribution in [-0.2, 0) is 0 Å². The SMILES string of the molecule is CCSCCC(C)NC(=O)Nc1ccc(F)c(C(=O)O)c1. The summed E-state index contributed by atoms with van der Waals surface area (Å²) in [4.78, 5) is 22.6. The lowest BCUT2D eigenvalue weighted by molar-refractivity contribution is 0.0692. The van der Waals surface area contributed by atoms with Crippen molar-refractivity contribution < 1.29 is 19.1 Å². The zero-order valence-corrected chi connectivity index (χ0v) is 12.8. The molecule has 0 aliphatic carbocycles. The van der Waals surface area contributed by atoms with E-state index >= 15 is 0 Å². The normalized spacial score (nSPS) is 11.8. The van der Waals surface area contributed by atoms with Crippen LogP contribution in [-0.4, -0.2) is 34.7 Å². The van der Waals surface area contributed by atoms with Crippen molar-refractivity contribution in [3.05, 3.63) is 29.6 Å². The lowest BCUT2D eigenvalue weighted by Crippen LogP contribution is -2.36. The van der Waals surface area contributed by atoms with Crippen molar-refractivity contribution in [2.45, 2.75) is 26.3 Å². The van der Waals surface area contributed by atoms with Crippen molar-refractivity contribution >= 4 is 29.4 Å². The van der Waals surface area contributed by atoms with Crippen LogP contribution in [0.4, 0.5) is 14.9 Å². The van der Waals surface area contributed by atoms with E-state index in [2.05, 4.69) is 17.6 Å². The number of carboxylic acids is 1. The third kappa shape index (κ3) is 6.03. The monoisotopic (exact) mass is 314 g/mol. The fourth-order valence-corrected chi connectivity index (χ4v) is 2.44. The molecule has 0 fully saturated rings. The quantitative estimate of drug-likeness (QED) is 0.675. The van der Waals surface area contributed by atoms with Gasteiger partial charge in [0.05, 0.1) is 5.56 Å². The second-order valence-corrected chi connectivity index (χ2v) is 5.88. The van der Waals surface area contributed by atoms with Gasteiger partial charge in [0.15, 0.2) is 0 Å². The van der Waals surface area contributed by atoms with Crippen LogP contribution in [0.3, 0.4) is 0 Å². The van der Waals surface area contributed by atoms with Crippen LogP contribution in [0.15, 0.2) is 18.2 Å². The van der Waals surface area contributed by atoms with Crippen LogP contribution in [0.25, 0.3) is 0 Å². The Bertz CT molecular complexity index is 511. The van der Waals surface area contributed by atoms with Crippen LogP contribution in [0.1, 0.15) is 30.6 Å². The molecular weight excluding hydrogens is 295 g/mol. The highest BCUT2D eigenvalue weighted by molar-refractivity contribution is 7.99. The van der Waals surface area contributed by atoms with E-state index in [0.717, 1.165) is 30.1 Å². The third-order valence-electron chi connectivity index (χ3n) is 2.73. The molecule has 2 amide bonds. The van der Waals surface area contributed by atoms with Gasteiger partial charge in [-0.1, -0.05) is 6.92 Å². The highest BCUT2D eigenvalue weighted by Crippen LogP contribution is 2.15. The number of benzene rings is 1.